The Morgan fingerprint density at radius 1 is 1.32 bits per heavy atom. The molecule has 2 aromatic rings. The zero-order chi connectivity index (χ0) is 13.8. The molecular formula is C13H12N2O4. The van der Waals surface area contributed by atoms with Crippen LogP contribution >= 0.6 is 0 Å². The first-order chi connectivity index (χ1) is 9.11. The van der Waals surface area contributed by atoms with Gasteiger partial charge in [-0.1, -0.05) is 12.1 Å². The molecule has 0 fully saturated rings. The van der Waals surface area contributed by atoms with E-state index in [9.17, 15) is 14.4 Å². The molecule has 0 radical (unpaired) electrons. The van der Waals surface area contributed by atoms with E-state index in [0.717, 1.165) is 0 Å². The fraction of sp³-hybridized carbons (Fsp3) is 0.231. The molecule has 0 unspecified atom stereocenters. The molecule has 98 valence electrons. The Balaban J connectivity index is 2.30. The fourth-order valence-electron chi connectivity index (χ4n) is 1.62. The van der Waals surface area contributed by atoms with Gasteiger partial charge in [-0.15, -0.1) is 0 Å². The molecule has 1 aromatic carbocycles. The van der Waals surface area contributed by atoms with Crippen LogP contribution in [0.4, 0.5) is 0 Å². The predicted octanol–water partition coefficient (Wildman–Crippen LogP) is 0.598. The molecule has 2 rings (SSSR count). The average molecular weight is 260 g/mol. The number of fused-ring (bicyclic) bond motifs is 1. The first-order valence-corrected chi connectivity index (χ1v) is 5.79. The van der Waals surface area contributed by atoms with Crippen molar-refractivity contribution >= 4 is 22.8 Å². The topological polar surface area (TPSA) is 89.1 Å². The van der Waals surface area contributed by atoms with Gasteiger partial charge in [-0.2, -0.15) is 0 Å². The smallest absolute Gasteiger partial charge is 0.375 e. The van der Waals surface area contributed by atoms with Crippen LogP contribution in [0, 0.1) is 0 Å². The zero-order valence-corrected chi connectivity index (χ0v) is 10.3. The molecule has 0 aliphatic heterocycles. The SMILES string of the molecule is CCOC(=O)C(=O)Cc1nc2ccccc2[nH]c1=O. The number of aromatic nitrogens is 2. The van der Waals surface area contributed by atoms with Crippen molar-refractivity contribution in [1.82, 2.24) is 9.97 Å². The van der Waals surface area contributed by atoms with Crippen molar-refractivity contribution in [1.29, 1.82) is 0 Å². The lowest BCUT2D eigenvalue weighted by molar-refractivity contribution is -0.153. The fourth-order valence-corrected chi connectivity index (χ4v) is 1.62. The number of H-pyrrole nitrogens is 1. The number of hydrogen-bond donors (Lipinski definition) is 1. The van der Waals surface area contributed by atoms with Crippen LogP contribution in [-0.2, 0) is 20.7 Å². The Kier molecular flexibility index (Phi) is 3.70. The van der Waals surface area contributed by atoms with Crippen LogP contribution in [0.1, 0.15) is 12.6 Å². The van der Waals surface area contributed by atoms with Crippen molar-refractivity contribution in [3.63, 3.8) is 0 Å². The predicted molar refractivity (Wildman–Crippen MR) is 67.7 cm³/mol. The van der Waals surface area contributed by atoms with Crippen LogP contribution in [0.25, 0.3) is 11.0 Å². The highest BCUT2D eigenvalue weighted by molar-refractivity contribution is 6.34. The Bertz CT molecular complexity index is 690. The molecule has 1 N–H and O–H groups in total. The van der Waals surface area contributed by atoms with E-state index < -0.39 is 17.3 Å². The van der Waals surface area contributed by atoms with Crippen molar-refractivity contribution < 1.29 is 14.3 Å². The summed E-state index contributed by atoms with van der Waals surface area (Å²) in [5.41, 5.74) is 0.682. The summed E-state index contributed by atoms with van der Waals surface area (Å²) in [6, 6.07) is 6.96. The second-order valence-electron chi connectivity index (χ2n) is 3.85. The molecule has 0 amide bonds. The molecule has 0 saturated heterocycles. The summed E-state index contributed by atoms with van der Waals surface area (Å²) in [6.07, 6.45) is -0.362. The minimum Gasteiger partial charge on any atom is -0.460 e. The quantitative estimate of drug-likeness (QED) is 0.642. The van der Waals surface area contributed by atoms with Crippen LogP contribution in [0.5, 0.6) is 0 Å². The van der Waals surface area contributed by atoms with Crippen LogP contribution in [-0.4, -0.2) is 28.3 Å². The van der Waals surface area contributed by atoms with E-state index in [1.165, 1.54) is 0 Å². The maximum Gasteiger partial charge on any atom is 0.375 e. The number of para-hydroxylation sites is 2. The molecule has 1 heterocycles. The molecule has 6 nitrogen and oxygen atoms in total. The lowest BCUT2D eigenvalue weighted by Gasteiger charge is -2.02. The van der Waals surface area contributed by atoms with Gasteiger partial charge in [0.25, 0.3) is 5.56 Å². The number of aromatic amines is 1. The monoisotopic (exact) mass is 260 g/mol. The third-order valence-corrected chi connectivity index (χ3v) is 2.50. The first kappa shape index (κ1) is 12.9. The lowest BCUT2D eigenvalue weighted by atomic mass is 10.2. The Hall–Kier alpha value is -2.50. The van der Waals surface area contributed by atoms with E-state index in [1.54, 1.807) is 31.2 Å². The van der Waals surface area contributed by atoms with E-state index in [2.05, 4.69) is 14.7 Å². The van der Waals surface area contributed by atoms with Gasteiger partial charge in [0, 0.05) is 0 Å². The minimum absolute atomic E-state index is 0.0109. The number of rotatable bonds is 4. The van der Waals surface area contributed by atoms with Gasteiger partial charge in [-0.3, -0.25) is 9.59 Å². The molecule has 1 aromatic heterocycles. The maximum atomic E-state index is 11.7. The molecular weight excluding hydrogens is 248 g/mol. The van der Waals surface area contributed by atoms with E-state index in [1.807, 2.05) is 0 Å². The average Bonchev–Trinajstić information content (AvgIpc) is 2.39. The number of ether oxygens (including phenoxy) is 1. The molecule has 0 aliphatic rings. The number of carbonyl (C=O) groups excluding carboxylic acids is 2. The van der Waals surface area contributed by atoms with Crippen molar-refractivity contribution in [3.8, 4) is 0 Å². The molecule has 0 bridgehead atoms. The van der Waals surface area contributed by atoms with E-state index in [0.29, 0.717) is 11.0 Å². The number of nitrogens with one attached hydrogen (secondary N) is 1. The number of hydrogen-bond acceptors (Lipinski definition) is 5. The van der Waals surface area contributed by atoms with Crippen molar-refractivity contribution in [3.05, 3.63) is 40.3 Å². The van der Waals surface area contributed by atoms with Crippen LogP contribution in [0.15, 0.2) is 29.1 Å². The normalized spacial score (nSPS) is 10.4. The van der Waals surface area contributed by atoms with Gasteiger partial charge in [0.2, 0.25) is 5.78 Å². The Morgan fingerprint density at radius 2 is 2.05 bits per heavy atom. The summed E-state index contributed by atoms with van der Waals surface area (Å²) in [5, 5.41) is 0. The largest absolute Gasteiger partial charge is 0.460 e. The molecule has 0 atom stereocenters. The number of benzene rings is 1. The Labute approximate surface area is 108 Å². The van der Waals surface area contributed by atoms with Gasteiger partial charge in [0.1, 0.15) is 5.69 Å². The van der Waals surface area contributed by atoms with Crippen LogP contribution in [0.2, 0.25) is 0 Å². The van der Waals surface area contributed by atoms with Crippen molar-refractivity contribution in [2.45, 2.75) is 13.3 Å². The lowest BCUT2D eigenvalue weighted by Crippen LogP contribution is -2.24. The minimum atomic E-state index is -0.947. The molecule has 19 heavy (non-hydrogen) atoms. The first-order valence-electron chi connectivity index (χ1n) is 5.79. The van der Waals surface area contributed by atoms with Gasteiger partial charge >= 0.3 is 5.97 Å². The number of ketones is 1. The molecule has 0 aliphatic carbocycles. The van der Waals surface area contributed by atoms with Crippen LogP contribution < -0.4 is 5.56 Å². The van der Waals surface area contributed by atoms with Crippen molar-refractivity contribution in [2.24, 2.45) is 0 Å². The highest BCUT2D eigenvalue weighted by atomic mass is 16.5. The molecule has 6 heteroatoms. The summed E-state index contributed by atoms with van der Waals surface area (Å²) >= 11 is 0. The number of Topliss-reactive ketones (excluding diaryl/α,β-unsaturated/α-hetero) is 1. The highest BCUT2D eigenvalue weighted by Gasteiger charge is 2.18. The second-order valence-corrected chi connectivity index (χ2v) is 3.85. The molecule has 0 saturated carbocycles. The number of nitrogens with zero attached hydrogens (tertiary/aromatic N) is 1. The standard InChI is InChI=1S/C13H12N2O4/c1-2-19-13(18)11(16)7-10-12(17)15-9-6-4-3-5-8(9)14-10/h3-6H,2,7H2,1H3,(H,15,17). The summed E-state index contributed by atoms with van der Waals surface area (Å²) in [4.78, 5) is 41.2. The van der Waals surface area contributed by atoms with E-state index in [-0.39, 0.29) is 18.7 Å². The number of carbonyl (C=O) groups is 2. The van der Waals surface area contributed by atoms with Gasteiger partial charge in [0.15, 0.2) is 0 Å². The molecule has 0 spiro atoms. The number of esters is 1. The van der Waals surface area contributed by atoms with E-state index in [4.69, 9.17) is 0 Å². The van der Waals surface area contributed by atoms with Gasteiger partial charge in [-0.05, 0) is 19.1 Å². The third-order valence-electron chi connectivity index (χ3n) is 2.50. The van der Waals surface area contributed by atoms with Gasteiger partial charge in [-0.25, -0.2) is 9.78 Å². The summed E-state index contributed by atoms with van der Waals surface area (Å²) in [7, 11) is 0. The van der Waals surface area contributed by atoms with E-state index >= 15 is 0 Å². The zero-order valence-electron chi connectivity index (χ0n) is 10.3. The van der Waals surface area contributed by atoms with Crippen molar-refractivity contribution in [2.75, 3.05) is 6.61 Å². The highest BCUT2D eigenvalue weighted by Crippen LogP contribution is 2.06. The second kappa shape index (κ2) is 5.43. The Morgan fingerprint density at radius 3 is 2.79 bits per heavy atom. The summed E-state index contributed by atoms with van der Waals surface area (Å²) < 4.78 is 4.57. The van der Waals surface area contributed by atoms with Crippen LogP contribution in [0.3, 0.4) is 0 Å². The van der Waals surface area contributed by atoms with Gasteiger partial charge < -0.3 is 9.72 Å². The van der Waals surface area contributed by atoms with Gasteiger partial charge in [0.05, 0.1) is 24.1 Å². The summed E-state index contributed by atoms with van der Waals surface area (Å²) in [6.45, 7) is 1.72. The summed E-state index contributed by atoms with van der Waals surface area (Å²) in [5.74, 6) is -1.73. The third kappa shape index (κ3) is 2.85. The maximum absolute atomic E-state index is 11.7.